The van der Waals surface area contributed by atoms with Gasteiger partial charge in [-0.05, 0) is 50.1 Å². The van der Waals surface area contributed by atoms with Crippen LogP contribution in [0.2, 0.25) is 5.02 Å². The predicted molar refractivity (Wildman–Crippen MR) is 84.2 cm³/mol. The molecule has 0 radical (unpaired) electrons. The molecule has 20 heavy (non-hydrogen) atoms. The fourth-order valence-corrected chi connectivity index (χ4v) is 2.67. The smallest absolute Gasteiger partial charge is 0.0624 e. The molecular weight excluding hydrogens is 270 g/mol. The van der Waals surface area contributed by atoms with Crippen LogP contribution in [-0.4, -0.2) is 16.3 Å². The summed E-state index contributed by atoms with van der Waals surface area (Å²) in [4.78, 5) is 0. The first kappa shape index (κ1) is 15.1. The summed E-state index contributed by atoms with van der Waals surface area (Å²) in [7, 11) is 0. The summed E-state index contributed by atoms with van der Waals surface area (Å²) in [5.74, 6) is 0.278. The Morgan fingerprint density at radius 1 is 1.30 bits per heavy atom. The molecule has 1 aromatic carbocycles. The number of rotatable bonds is 6. The van der Waals surface area contributed by atoms with Crippen LogP contribution in [0.25, 0.3) is 0 Å². The van der Waals surface area contributed by atoms with Crippen molar-refractivity contribution in [3.8, 4) is 0 Å². The fraction of sp³-hybridized carbons (Fsp3) is 0.438. The molecule has 2 N–H and O–H groups in total. The highest BCUT2D eigenvalue weighted by Crippen LogP contribution is 2.23. The van der Waals surface area contributed by atoms with Gasteiger partial charge in [0.15, 0.2) is 0 Å². The third-order valence-corrected chi connectivity index (χ3v) is 3.87. The Kier molecular flexibility index (Phi) is 5.21. The second kappa shape index (κ2) is 6.91. The van der Waals surface area contributed by atoms with Crippen molar-refractivity contribution in [1.29, 1.82) is 0 Å². The molecule has 2 rings (SSSR count). The molecule has 1 aromatic heterocycles. The Balaban J connectivity index is 2.24. The van der Waals surface area contributed by atoms with Crippen LogP contribution in [0.4, 0.5) is 0 Å². The van der Waals surface area contributed by atoms with Crippen LogP contribution < -0.4 is 5.73 Å². The molecule has 4 heteroatoms. The van der Waals surface area contributed by atoms with Crippen LogP contribution in [0.1, 0.15) is 36.7 Å². The maximum Gasteiger partial charge on any atom is 0.0624 e. The molecule has 0 spiro atoms. The lowest BCUT2D eigenvalue weighted by Crippen LogP contribution is -2.17. The minimum Gasteiger partial charge on any atom is -0.330 e. The number of nitrogens with two attached hydrogens (primary N) is 1. The van der Waals surface area contributed by atoms with E-state index in [-0.39, 0.29) is 5.92 Å². The SMILES string of the molecule is CCc1cc(CC(CN)c2cccc(Cl)c2)n(CC)n1. The molecule has 1 heterocycles. The summed E-state index contributed by atoms with van der Waals surface area (Å²) >= 11 is 6.08. The largest absolute Gasteiger partial charge is 0.330 e. The molecule has 1 atom stereocenters. The molecular formula is C16H22ClN3. The number of aromatic nitrogens is 2. The first-order chi connectivity index (χ1) is 9.67. The Labute approximate surface area is 125 Å². The van der Waals surface area contributed by atoms with Crippen LogP contribution >= 0.6 is 11.6 Å². The number of hydrogen-bond donors (Lipinski definition) is 1. The van der Waals surface area contributed by atoms with Gasteiger partial charge in [0, 0.05) is 23.2 Å². The van der Waals surface area contributed by atoms with Crippen LogP contribution in [0.3, 0.4) is 0 Å². The summed E-state index contributed by atoms with van der Waals surface area (Å²) in [6.07, 6.45) is 1.86. The highest BCUT2D eigenvalue weighted by molar-refractivity contribution is 6.30. The molecule has 0 aliphatic rings. The lowest BCUT2D eigenvalue weighted by molar-refractivity contribution is 0.581. The van der Waals surface area contributed by atoms with Gasteiger partial charge in [0.1, 0.15) is 0 Å². The van der Waals surface area contributed by atoms with E-state index in [1.807, 2.05) is 18.2 Å². The van der Waals surface area contributed by atoms with Gasteiger partial charge in [-0.3, -0.25) is 4.68 Å². The number of halogens is 1. The van der Waals surface area contributed by atoms with Crippen molar-refractivity contribution in [2.24, 2.45) is 5.73 Å². The van der Waals surface area contributed by atoms with Crippen molar-refractivity contribution < 1.29 is 0 Å². The quantitative estimate of drug-likeness (QED) is 0.886. The second-order valence-corrected chi connectivity index (χ2v) is 5.42. The van der Waals surface area contributed by atoms with Crippen LogP contribution in [0.15, 0.2) is 30.3 Å². The monoisotopic (exact) mass is 291 g/mol. The van der Waals surface area contributed by atoms with E-state index >= 15 is 0 Å². The Morgan fingerprint density at radius 2 is 2.10 bits per heavy atom. The summed E-state index contributed by atoms with van der Waals surface area (Å²) < 4.78 is 2.08. The second-order valence-electron chi connectivity index (χ2n) is 4.99. The van der Waals surface area contributed by atoms with Crippen LogP contribution in [0.5, 0.6) is 0 Å². The summed E-state index contributed by atoms with van der Waals surface area (Å²) in [5.41, 5.74) is 9.55. The molecule has 1 unspecified atom stereocenters. The number of benzene rings is 1. The van der Waals surface area contributed by atoms with E-state index in [9.17, 15) is 0 Å². The Hall–Kier alpha value is -1.32. The van der Waals surface area contributed by atoms with Gasteiger partial charge in [-0.25, -0.2) is 0 Å². The van der Waals surface area contributed by atoms with Crippen molar-refractivity contribution in [2.75, 3.05) is 6.54 Å². The lowest BCUT2D eigenvalue weighted by Gasteiger charge is -2.16. The molecule has 108 valence electrons. The van der Waals surface area contributed by atoms with Gasteiger partial charge in [0.25, 0.3) is 0 Å². The molecule has 0 fully saturated rings. The molecule has 2 aromatic rings. The van der Waals surface area contributed by atoms with Gasteiger partial charge in [0.2, 0.25) is 0 Å². The molecule has 0 aliphatic carbocycles. The number of aryl methyl sites for hydroxylation is 2. The van der Waals surface area contributed by atoms with Crippen LogP contribution in [-0.2, 0) is 19.4 Å². The minimum absolute atomic E-state index is 0.278. The molecule has 0 saturated carbocycles. The summed E-state index contributed by atoms with van der Waals surface area (Å²) in [5, 5.41) is 5.36. The van der Waals surface area contributed by atoms with Crippen molar-refractivity contribution in [3.63, 3.8) is 0 Å². The highest BCUT2D eigenvalue weighted by Gasteiger charge is 2.15. The minimum atomic E-state index is 0.278. The van der Waals surface area contributed by atoms with Crippen molar-refractivity contribution in [3.05, 3.63) is 52.3 Å². The number of nitrogens with zero attached hydrogens (tertiary/aromatic N) is 2. The zero-order valence-electron chi connectivity index (χ0n) is 12.1. The highest BCUT2D eigenvalue weighted by atomic mass is 35.5. The van der Waals surface area contributed by atoms with Crippen molar-refractivity contribution in [1.82, 2.24) is 9.78 Å². The normalized spacial score (nSPS) is 12.6. The van der Waals surface area contributed by atoms with Gasteiger partial charge in [-0.1, -0.05) is 30.7 Å². The third-order valence-electron chi connectivity index (χ3n) is 3.64. The van der Waals surface area contributed by atoms with E-state index in [0.717, 1.165) is 30.1 Å². The van der Waals surface area contributed by atoms with E-state index in [2.05, 4.69) is 35.8 Å². The van der Waals surface area contributed by atoms with Gasteiger partial charge >= 0.3 is 0 Å². The van der Waals surface area contributed by atoms with Gasteiger partial charge < -0.3 is 5.73 Å². The van der Waals surface area contributed by atoms with E-state index in [1.54, 1.807) is 0 Å². The first-order valence-corrected chi connectivity index (χ1v) is 7.56. The Morgan fingerprint density at radius 3 is 2.70 bits per heavy atom. The van der Waals surface area contributed by atoms with Crippen molar-refractivity contribution in [2.45, 2.75) is 39.2 Å². The standard InChI is InChI=1S/C16H22ClN3/c1-3-15-10-16(20(4-2)19-15)9-13(11-18)12-6-5-7-14(17)8-12/h5-8,10,13H,3-4,9,11,18H2,1-2H3. The topological polar surface area (TPSA) is 43.8 Å². The third kappa shape index (κ3) is 3.41. The zero-order valence-corrected chi connectivity index (χ0v) is 12.9. The first-order valence-electron chi connectivity index (χ1n) is 7.19. The number of hydrogen-bond acceptors (Lipinski definition) is 2. The van der Waals surface area contributed by atoms with Gasteiger partial charge in [-0.15, -0.1) is 0 Å². The maximum absolute atomic E-state index is 6.08. The maximum atomic E-state index is 6.08. The molecule has 0 aliphatic heterocycles. The Bertz CT molecular complexity index is 563. The van der Waals surface area contributed by atoms with E-state index in [1.165, 1.54) is 11.3 Å². The van der Waals surface area contributed by atoms with Crippen molar-refractivity contribution >= 4 is 11.6 Å². The van der Waals surface area contributed by atoms with Gasteiger partial charge in [-0.2, -0.15) is 5.10 Å². The van der Waals surface area contributed by atoms with E-state index in [0.29, 0.717) is 6.54 Å². The van der Waals surface area contributed by atoms with Gasteiger partial charge in [0.05, 0.1) is 5.69 Å². The predicted octanol–water partition coefficient (Wildman–Crippen LogP) is 3.40. The molecule has 3 nitrogen and oxygen atoms in total. The zero-order chi connectivity index (χ0) is 14.5. The summed E-state index contributed by atoms with van der Waals surface area (Å²) in [6, 6.07) is 10.2. The molecule has 0 saturated heterocycles. The molecule has 0 bridgehead atoms. The fourth-order valence-electron chi connectivity index (χ4n) is 2.48. The summed E-state index contributed by atoms with van der Waals surface area (Å²) in [6.45, 7) is 5.75. The average molecular weight is 292 g/mol. The van der Waals surface area contributed by atoms with E-state index in [4.69, 9.17) is 17.3 Å². The van der Waals surface area contributed by atoms with E-state index < -0.39 is 0 Å². The lowest BCUT2D eigenvalue weighted by atomic mass is 9.94. The average Bonchev–Trinajstić information content (AvgIpc) is 2.87. The molecule has 0 amide bonds. The van der Waals surface area contributed by atoms with Crippen LogP contribution in [0, 0.1) is 0 Å².